The molecule has 1 aliphatic rings. The molecule has 8 heteroatoms. The van der Waals surface area contributed by atoms with Crippen molar-refractivity contribution in [1.29, 1.82) is 0 Å². The Bertz CT molecular complexity index is 631. The van der Waals surface area contributed by atoms with E-state index in [0.717, 1.165) is 24.2 Å². The van der Waals surface area contributed by atoms with Crippen LogP contribution in [-0.2, 0) is 9.84 Å². The molecule has 1 aromatic heterocycles. The molecule has 1 aromatic rings. The molecule has 0 aliphatic heterocycles. The summed E-state index contributed by atoms with van der Waals surface area (Å²) in [7, 11) is -3.45. The van der Waals surface area contributed by atoms with Gasteiger partial charge in [0.25, 0.3) is 0 Å². The van der Waals surface area contributed by atoms with E-state index in [1.807, 2.05) is 6.92 Å². The van der Waals surface area contributed by atoms with Crippen molar-refractivity contribution < 1.29 is 13.5 Å². The molecule has 3 N–H and O–H groups in total. The summed E-state index contributed by atoms with van der Waals surface area (Å²) in [6.45, 7) is 2.71. The van der Waals surface area contributed by atoms with Gasteiger partial charge in [-0.3, -0.25) is 4.99 Å². The third-order valence-electron chi connectivity index (χ3n) is 3.37. The van der Waals surface area contributed by atoms with Crippen LogP contribution in [0.4, 0.5) is 0 Å². The van der Waals surface area contributed by atoms with Crippen molar-refractivity contribution in [2.24, 2.45) is 4.99 Å². The third-order valence-corrected chi connectivity index (χ3v) is 6.65. The highest BCUT2D eigenvalue weighted by Crippen LogP contribution is 2.18. The minimum Gasteiger partial charge on any atom is -0.390 e. The quantitative estimate of drug-likeness (QED) is 0.387. The zero-order valence-electron chi connectivity index (χ0n) is 13.1. The molecule has 0 radical (unpaired) electrons. The molecular formula is C15H23N3O3S2. The molecule has 0 amide bonds. The van der Waals surface area contributed by atoms with E-state index in [4.69, 9.17) is 0 Å². The molecule has 1 unspecified atom stereocenters. The number of sulfone groups is 1. The van der Waals surface area contributed by atoms with Gasteiger partial charge in [0, 0.05) is 12.6 Å². The normalized spacial score (nSPS) is 17.4. The Kier molecular flexibility index (Phi) is 6.61. The second-order valence-electron chi connectivity index (χ2n) is 5.37. The number of aliphatic hydroxyl groups excluding tert-OH is 1. The summed E-state index contributed by atoms with van der Waals surface area (Å²) in [5.74, 6) is 0.287. The van der Waals surface area contributed by atoms with E-state index in [2.05, 4.69) is 27.8 Å². The van der Waals surface area contributed by atoms with Crippen LogP contribution in [0.25, 0.3) is 0 Å². The van der Waals surface area contributed by atoms with E-state index < -0.39 is 15.9 Å². The van der Waals surface area contributed by atoms with Gasteiger partial charge in [-0.25, -0.2) is 8.42 Å². The van der Waals surface area contributed by atoms with E-state index in [0.29, 0.717) is 18.5 Å². The van der Waals surface area contributed by atoms with Gasteiger partial charge in [0.05, 0.1) is 18.4 Å². The van der Waals surface area contributed by atoms with Crippen molar-refractivity contribution in [3.63, 3.8) is 0 Å². The number of hydrogen-bond donors (Lipinski definition) is 3. The molecule has 6 nitrogen and oxygen atoms in total. The van der Waals surface area contributed by atoms with Crippen LogP contribution < -0.4 is 10.6 Å². The molecule has 1 atom stereocenters. The van der Waals surface area contributed by atoms with Crippen LogP contribution in [0.5, 0.6) is 0 Å². The second kappa shape index (κ2) is 8.47. The van der Waals surface area contributed by atoms with Crippen LogP contribution >= 0.6 is 11.3 Å². The molecule has 0 fully saturated rings. The molecule has 0 bridgehead atoms. The maximum Gasteiger partial charge on any atom is 0.191 e. The van der Waals surface area contributed by atoms with Gasteiger partial charge < -0.3 is 15.7 Å². The second-order valence-corrected chi connectivity index (χ2v) is 8.58. The van der Waals surface area contributed by atoms with Gasteiger partial charge in [-0.2, -0.15) is 0 Å². The fourth-order valence-electron chi connectivity index (χ4n) is 2.27. The number of rotatable bonds is 7. The van der Waals surface area contributed by atoms with Crippen LogP contribution in [0, 0.1) is 0 Å². The zero-order valence-corrected chi connectivity index (χ0v) is 14.7. The van der Waals surface area contributed by atoms with Crippen LogP contribution in [0.2, 0.25) is 0 Å². The molecule has 0 saturated heterocycles. The molecule has 0 aromatic carbocycles. The maximum atomic E-state index is 12.1. The molecule has 0 spiro atoms. The monoisotopic (exact) mass is 357 g/mol. The summed E-state index contributed by atoms with van der Waals surface area (Å²) in [5, 5.41) is 18.1. The van der Waals surface area contributed by atoms with E-state index in [-0.39, 0.29) is 16.5 Å². The van der Waals surface area contributed by atoms with E-state index >= 15 is 0 Å². The SMILES string of the molecule is CCNC(=NCC(O)CS(=O)(=O)c1cccs1)NC1CC=CC1. The summed E-state index contributed by atoms with van der Waals surface area (Å²) >= 11 is 1.16. The summed E-state index contributed by atoms with van der Waals surface area (Å²) < 4.78 is 24.5. The number of guanidine groups is 1. The van der Waals surface area contributed by atoms with Crippen molar-refractivity contribution in [1.82, 2.24) is 10.6 Å². The minimum atomic E-state index is -3.45. The number of hydrogen-bond acceptors (Lipinski definition) is 5. The largest absolute Gasteiger partial charge is 0.390 e. The lowest BCUT2D eigenvalue weighted by Gasteiger charge is -2.17. The first kappa shape index (κ1) is 18.0. The highest BCUT2D eigenvalue weighted by Gasteiger charge is 2.21. The van der Waals surface area contributed by atoms with Crippen molar-refractivity contribution in [3.05, 3.63) is 29.7 Å². The Morgan fingerprint density at radius 1 is 1.48 bits per heavy atom. The standard InChI is InChI=1S/C15H23N3O3S2/c1-2-16-15(18-12-6-3-4-7-12)17-10-13(19)11-23(20,21)14-8-5-9-22-14/h3-5,8-9,12-13,19H,2,6-7,10-11H2,1H3,(H2,16,17,18). The first-order valence-corrected chi connectivity index (χ1v) is 10.2. The average molecular weight is 358 g/mol. The Labute approximate surface area is 141 Å². The van der Waals surface area contributed by atoms with E-state index in [9.17, 15) is 13.5 Å². The molecule has 1 aliphatic carbocycles. The van der Waals surface area contributed by atoms with Crippen molar-refractivity contribution in [3.8, 4) is 0 Å². The van der Waals surface area contributed by atoms with Crippen molar-refractivity contribution in [2.75, 3.05) is 18.8 Å². The maximum absolute atomic E-state index is 12.1. The van der Waals surface area contributed by atoms with Crippen LogP contribution in [0.1, 0.15) is 19.8 Å². The van der Waals surface area contributed by atoms with Gasteiger partial charge in [0.1, 0.15) is 4.21 Å². The molecule has 23 heavy (non-hydrogen) atoms. The highest BCUT2D eigenvalue weighted by molar-refractivity contribution is 7.93. The lowest BCUT2D eigenvalue weighted by atomic mass is 10.2. The third kappa shape index (κ3) is 5.63. The van der Waals surface area contributed by atoms with Gasteiger partial charge in [0.2, 0.25) is 0 Å². The molecule has 2 rings (SSSR count). The van der Waals surface area contributed by atoms with E-state index in [1.165, 1.54) is 0 Å². The number of nitrogens with one attached hydrogen (secondary N) is 2. The van der Waals surface area contributed by atoms with Gasteiger partial charge in [-0.15, -0.1) is 11.3 Å². The molecule has 128 valence electrons. The fraction of sp³-hybridized carbons (Fsp3) is 0.533. The average Bonchev–Trinajstić information content (AvgIpc) is 3.18. The first-order chi connectivity index (χ1) is 11.0. The lowest BCUT2D eigenvalue weighted by molar-refractivity contribution is 0.206. The summed E-state index contributed by atoms with van der Waals surface area (Å²) in [6.07, 6.45) is 5.09. The molecule has 1 heterocycles. The van der Waals surface area contributed by atoms with Crippen LogP contribution in [-0.4, -0.2) is 50.5 Å². The first-order valence-electron chi connectivity index (χ1n) is 7.65. The predicted molar refractivity (Wildman–Crippen MR) is 93.7 cm³/mol. The van der Waals surface area contributed by atoms with E-state index in [1.54, 1.807) is 17.5 Å². The van der Waals surface area contributed by atoms with Gasteiger partial charge >= 0.3 is 0 Å². The minimum absolute atomic E-state index is 0.0418. The zero-order chi connectivity index (χ0) is 16.7. The summed E-state index contributed by atoms with van der Waals surface area (Å²) in [4.78, 5) is 4.30. The predicted octanol–water partition coefficient (Wildman–Crippen LogP) is 1.16. The van der Waals surface area contributed by atoms with Gasteiger partial charge in [-0.05, 0) is 31.2 Å². The fourth-order valence-corrected chi connectivity index (χ4v) is 4.74. The Balaban J connectivity index is 1.90. The van der Waals surface area contributed by atoms with Crippen LogP contribution in [0.15, 0.2) is 38.9 Å². The van der Waals surface area contributed by atoms with Gasteiger partial charge in [-0.1, -0.05) is 18.2 Å². The van der Waals surface area contributed by atoms with Crippen LogP contribution in [0.3, 0.4) is 0 Å². The van der Waals surface area contributed by atoms with Crippen molar-refractivity contribution >= 4 is 27.1 Å². The number of nitrogens with zero attached hydrogens (tertiary/aromatic N) is 1. The lowest BCUT2D eigenvalue weighted by Crippen LogP contribution is -2.43. The number of aliphatic hydroxyl groups is 1. The summed E-state index contributed by atoms with van der Waals surface area (Å²) in [5.41, 5.74) is 0. The summed E-state index contributed by atoms with van der Waals surface area (Å²) in [6, 6.07) is 3.54. The molecule has 0 saturated carbocycles. The smallest absolute Gasteiger partial charge is 0.191 e. The number of aliphatic imine (C=N–C) groups is 1. The highest BCUT2D eigenvalue weighted by atomic mass is 32.2. The Morgan fingerprint density at radius 2 is 2.22 bits per heavy atom. The Hall–Kier alpha value is -1.38. The number of thiophene rings is 1. The van der Waals surface area contributed by atoms with Gasteiger partial charge in [0.15, 0.2) is 15.8 Å². The Morgan fingerprint density at radius 3 is 2.83 bits per heavy atom. The topological polar surface area (TPSA) is 90.8 Å². The molecular weight excluding hydrogens is 334 g/mol. The van der Waals surface area contributed by atoms with Crippen molar-refractivity contribution in [2.45, 2.75) is 36.1 Å².